The third kappa shape index (κ3) is 4.15. The van der Waals surface area contributed by atoms with E-state index in [1.165, 1.54) is 23.8 Å². The smallest absolute Gasteiger partial charge is 0.210 e. The number of para-hydroxylation sites is 1. The Morgan fingerprint density at radius 3 is 3.05 bits per heavy atom. The molecule has 112 valence electrons. The minimum absolute atomic E-state index is 0.294. The number of hydrogen-bond acceptors (Lipinski definition) is 6. The lowest BCUT2D eigenvalue weighted by Gasteiger charge is -2.21. The number of aromatic nitrogens is 2. The second-order valence-electron chi connectivity index (χ2n) is 4.78. The number of benzene rings is 1. The van der Waals surface area contributed by atoms with Crippen LogP contribution in [0.5, 0.6) is 0 Å². The zero-order chi connectivity index (χ0) is 14.5. The van der Waals surface area contributed by atoms with Gasteiger partial charge in [0.1, 0.15) is 5.82 Å². The fraction of sp³-hybridized carbons (Fsp3) is 0.429. The van der Waals surface area contributed by atoms with Crippen molar-refractivity contribution in [2.75, 3.05) is 17.7 Å². The molecular formula is C14H16FN3OS2. The molecule has 1 aromatic heterocycles. The first-order valence-electron chi connectivity index (χ1n) is 6.91. The summed E-state index contributed by atoms with van der Waals surface area (Å²) < 4.78 is 20.1. The number of thioether (sulfide) groups is 1. The van der Waals surface area contributed by atoms with Gasteiger partial charge in [0, 0.05) is 12.4 Å². The number of halogens is 1. The van der Waals surface area contributed by atoms with Gasteiger partial charge in [-0.05, 0) is 31.4 Å². The molecule has 4 nitrogen and oxygen atoms in total. The topological polar surface area (TPSA) is 47.0 Å². The van der Waals surface area contributed by atoms with Gasteiger partial charge in [0.25, 0.3) is 0 Å². The van der Waals surface area contributed by atoms with E-state index < -0.39 is 0 Å². The van der Waals surface area contributed by atoms with Crippen molar-refractivity contribution < 1.29 is 9.13 Å². The van der Waals surface area contributed by atoms with Gasteiger partial charge in [0.05, 0.1) is 11.8 Å². The Labute approximate surface area is 131 Å². The lowest BCUT2D eigenvalue weighted by atomic mass is 10.1. The average molecular weight is 325 g/mol. The van der Waals surface area contributed by atoms with Gasteiger partial charge in [-0.3, -0.25) is 0 Å². The van der Waals surface area contributed by atoms with Crippen LogP contribution in [-0.4, -0.2) is 28.7 Å². The number of rotatable bonds is 5. The zero-order valence-electron chi connectivity index (χ0n) is 11.4. The highest BCUT2D eigenvalue weighted by molar-refractivity contribution is 8.01. The van der Waals surface area contributed by atoms with Crippen molar-refractivity contribution in [1.82, 2.24) is 10.2 Å². The SMILES string of the molecule is Fc1ccccc1Nc1nnc(SCC2CCCCO2)s1. The molecule has 21 heavy (non-hydrogen) atoms. The largest absolute Gasteiger partial charge is 0.377 e. The number of nitrogens with one attached hydrogen (secondary N) is 1. The molecule has 3 rings (SSSR count). The first-order valence-corrected chi connectivity index (χ1v) is 8.71. The normalized spacial score (nSPS) is 18.6. The highest BCUT2D eigenvalue weighted by atomic mass is 32.2. The van der Waals surface area contributed by atoms with Crippen molar-refractivity contribution in [1.29, 1.82) is 0 Å². The fourth-order valence-electron chi connectivity index (χ4n) is 2.10. The van der Waals surface area contributed by atoms with Crippen molar-refractivity contribution in [2.45, 2.75) is 29.7 Å². The Hall–Kier alpha value is -1.18. The van der Waals surface area contributed by atoms with Crippen LogP contribution >= 0.6 is 23.1 Å². The third-order valence-electron chi connectivity index (χ3n) is 3.19. The fourth-order valence-corrected chi connectivity index (χ4v) is 3.96. The van der Waals surface area contributed by atoms with Gasteiger partial charge in [-0.15, -0.1) is 10.2 Å². The van der Waals surface area contributed by atoms with Crippen LogP contribution in [-0.2, 0) is 4.74 Å². The van der Waals surface area contributed by atoms with E-state index in [0.717, 1.165) is 29.5 Å². The second-order valence-corrected chi connectivity index (χ2v) is 7.02. The lowest BCUT2D eigenvalue weighted by molar-refractivity contribution is 0.0315. The van der Waals surface area contributed by atoms with Crippen molar-refractivity contribution in [3.05, 3.63) is 30.1 Å². The van der Waals surface area contributed by atoms with Gasteiger partial charge in [0.15, 0.2) is 4.34 Å². The highest BCUT2D eigenvalue weighted by Crippen LogP contribution is 2.30. The Morgan fingerprint density at radius 1 is 1.33 bits per heavy atom. The van der Waals surface area contributed by atoms with Gasteiger partial charge in [0.2, 0.25) is 5.13 Å². The van der Waals surface area contributed by atoms with Crippen LogP contribution in [0.2, 0.25) is 0 Å². The molecule has 0 spiro atoms. The molecule has 1 unspecified atom stereocenters. The van der Waals surface area contributed by atoms with Gasteiger partial charge in [-0.25, -0.2) is 4.39 Å². The highest BCUT2D eigenvalue weighted by Gasteiger charge is 2.15. The number of anilines is 2. The average Bonchev–Trinajstić information content (AvgIpc) is 2.96. The molecule has 1 saturated heterocycles. The summed E-state index contributed by atoms with van der Waals surface area (Å²) in [5.74, 6) is 0.603. The number of nitrogens with zero attached hydrogens (tertiary/aromatic N) is 2. The maximum atomic E-state index is 13.5. The third-order valence-corrected chi connectivity index (χ3v) is 5.29. The maximum Gasteiger partial charge on any atom is 0.210 e. The molecule has 0 saturated carbocycles. The van der Waals surface area contributed by atoms with Crippen molar-refractivity contribution >= 4 is 33.9 Å². The van der Waals surface area contributed by atoms with Crippen LogP contribution in [0.3, 0.4) is 0 Å². The van der Waals surface area contributed by atoms with Crippen LogP contribution < -0.4 is 5.32 Å². The molecule has 1 aromatic carbocycles. The first-order chi connectivity index (χ1) is 10.3. The van der Waals surface area contributed by atoms with Gasteiger partial charge >= 0.3 is 0 Å². The number of ether oxygens (including phenoxy) is 1. The van der Waals surface area contributed by atoms with E-state index in [1.807, 2.05) is 0 Å². The summed E-state index contributed by atoms with van der Waals surface area (Å²) in [6, 6.07) is 6.54. The monoisotopic (exact) mass is 325 g/mol. The molecule has 2 heterocycles. The predicted octanol–water partition coefficient (Wildman–Crippen LogP) is 4.08. The van der Waals surface area contributed by atoms with Crippen LogP contribution in [0.1, 0.15) is 19.3 Å². The molecule has 0 aliphatic carbocycles. The Kier molecular flexibility index (Phi) is 5.05. The molecule has 0 amide bonds. The molecule has 2 aromatic rings. The number of hydrogen-bond donors (Lipinski definition) is 1. The lowest BCUT2D eigenvalue weighted by Crippen LogP contribution is -2.21. The quantitative estimate of drug-likeness (QED) is 0.839. The van der Waals surface area contributed by atoms with Crippen LogP contribution in [0.4, 0.5) is 15.2 Å². The van der Waals surface area contributed by atoms with Crippen LogP contribution in [0.15, 0.2) is 28.6 Å². The molecule has 1 fully saturated rings. The molecule has 7 heteroatoms. The van der Waals surface area contributed by atoms with E-state index in [-0.39, 0.29) is 5.82 Å². The van der Waals surface area contributed by atoms with Gasteiger partial charge < -0.3 is 10.1 Å². The zero-order valence-corrected chi connectivity index (χ0v) is 13.1. The minimum Gasteiger partial charge on any atom is -0.377 e. The standard InChI is InChI=1S/C14H16FN3OS2/c15-11-6-1-2-7-12(11)16-13-17-18-14(21-13)20-9-10-5-3-4-8-19-10/h1-2,6-7,10H,3-5,8-9H2,(H,16,17). The molecular weight excluding hydrogens is 309 g/mol. The molecule has 1 aliphatic rings. The van der Waals surface area contributed by atoms with E-state index in [0.29, 0.717) is 16.9 Å². The summed E-state index contributed by atoms with van der Waals surface area (Å²) in [4.78, 5) is 0. The van der Waals surface area contributed by atoms with Crippen molar-refractivity contribution in [3.63, 3.8) is 0 Å². The van der Waals surface area contributed by atoms with E-state index in [1.54, 1.807) is 30.0 Å². The molecule has 1 atom stereocenters. The van der Waals surface area contributed by atoms with Crippen molar-refractivity contribution in [3.8, 4) is 0 Å². The first kappa shape index (κ1) is 14.7. The summed E-state index contributed by atoms with van der Waals surface area (Å²) in [5.41, 5.74) is 0.417. The predicted molar refractivity (Wildman–Crippen MR) is 83.9 cm³/mol. The summed E-state index contributed by atoms with van der Waals surface area (Å²) in [6.07, 6.45) is 3.83. The van der Waals surface area contributed by atoms with Crippen LogP contribution in [0.25, 0.3) is 0 Å². The summed E-state index contributed by atoms with van der Waals surface area (Å²) in [6.45, 7) is 0.863. The molecule has 0 bridgehead atoms. The minimum atomic E-state index is -0.294. The van der Waals surface area contributed by atoms with Gasteiger partial charge in [-0.2, -0.15) is 0 Å². The molecule has 1 aliphatic heterocycles. The van der Waals surface area contributed by atoms with E-state index in [4.69, 9.17) is 4.74 Å². The van der Waals surface area contributed by atoms with Crippen LogP contribution in [0, 0.1) is 5.82 Å². The summed E-state index contributed by atoms with van der Waals surface area (Å²) >= 11 is 3.08. The second kappa shape index (κ2) is 7.20. The van der Waals surface area contributed by atoms with Gasteiger partial charge in [-0.1, -0.05) is 35.2 Å². The molecule has 1 N–H and O–H groups in total. The Bertz CT molecular complexity index is 587. The van der Waals surface area contributed by atoms with E-state index >= 15 is 0 Å². The summed E-state index contributed by atoms with van der Waals surface area (Å²) in [7, 11) is 0. The molecule has 0 radical (unpaired) electrons. The van der Waals surface area contributed by atoms with Crippen molar-refractivity contribution in [2.24, 2.45) is 0 Å². The van der Waals surface area contributed by atoms with E-state index in [9.17, 15) is 4.39 Å². The summed E-state index contributed by atoms with van der Waals surface area (Å²) in [5, 5.41) is 11.7. The maximum absolute atomic E-state index is 13.5. The Morgan fingerprint density at radius 2 is 2.24 bits per heavy atom. The van der Waals surface area contributed by atoms with E-state index in [2.05, 4.69) is 15.5 Å². The Balaban J connectivity index is 1.55.